The Morgan fingerprint density at radius 3 is 2.81 bits per heavy atom. The molecule has 1 aromatic carbocycles. The van der Waals surface area contributed by atoms with E-state index in [2.05, 4.69) is 10.6 Å². The van der Waals surface area contributed by atoms with Gasteiger partial charge in [-0.25, -0.2) is 4.79 Å². The molecule has 21 heavy (non-hydrogen) atoms. The van der Waals surface area contributed by atoms with Crippen molar-refractivity contribution in [2.75, 3.05) is 11.9 Å². The van der Waals surface area contributed by atoms with E-state index >= 15 is 0 Å². The zero-order valence-electron chi connectivity index (χ0n) is 11.8. The van der Waals surface area contributed by atoms with E-state index in [1.54, 1.807) is 37.3 Å². The second kappa shape index (κ2) is 6.20. The summed E-state index contributed by atoms with van der Waals surface area (Å²) in [4.78, 5) is 11.9. The normalized spacial score (nSPS) is 13.5. The number of carbonyl (C=O) groups excluding carboxylic acids is 1. The maximum Gasteiger partial charge on any atom is 0.319 e. The highest BCUT2D eigenvalue weighted by Gasteiger charge is 2.26. The number of hydrogen-bond donors (Lipinski definition) is 3. The van der Waals surface area contributed by atoms with Crippen LogP contribution in [0.1, 0.15) is 18.2 Å². The minimum Gasteiger partial charge on any atom is -0.466 e. The molecule has 1 aromatic heterocycles. The summed E-state index contributed by atoms with van der Waals surface area (Å²) < 4.78 is 5.14. The van der Waals surface area contributed by atoms with Crippen molar-refractivity contribution >= 4 is 23.3 Å². The van der Waals surface area contributed by atoms with Crippen molar-refractivity contribution in [1.82, 2.24) is 5.32 Å². The van der Waals surface area contributed by atoms with E-state index in [4.69, 9.17) is 16.0 Å². The van der Waals surface area contributed by atoms with Crippen LogP contribution in [0.25, 0.3) is 0 Å². The zero-order chi connectivity index (χ0) is 15.5. The molecular formula is C15H17ClN2O3. The molecule has 112 valence electrons. The Labute approximate surface area is 127 Å². The van der Waals surface area contributed by atoms with Crippen molar-refractivity contribution in [3.63, 3.8) is 0 Å². The maximum absolute atomic E-state index is 11.9. The van der Waals surface area contributed by atoms with Gasteiger partial charge in [0, 0.05) is 10.7 Å². The van der Waals surface area contributed by atoms with Gasteiger partial charge in [-0.1, -0.05) is 17.7 Å². The van der Waals surface area contributed by atoms with Crippen LogP contribution in [-0.4, -0.2) is 17.7 Å². The second-order valence-electron chi connectivity index (χ2n) is 4.97. The summed E-state index contributed by atoms with van der Waals surface area (Å²) in [5, 5.41) is 16.1. The van der Waals surface area contributed by atoms with Gasteiger partial charge in [0.25, 0.3) is 0 Å². The Morgan fingerprint density at radius 2 is 2.14 bits per heavy atom. The molecule has 0 aliphatic carbocycles. The van der Waals surface area contributed by atoms with Crippen LogP contribution in [-0.2, 0) is 5.60 Å². The van der Waals surface area contributed by atoms with Gasteiger partial charge in [0.1, 0.15) is 11.4 Å². The highest BCUT2D eigenvalue weighted by molar-refractivity contribution is 6.31. The Morgan fingerprint density at radius 1 is 1.38 bits per heavy atom. The van der Waals surface area contributed by atoms with Crippen LogP contribution in [0.3, 0.4) is 0 Å². The first kappa shape index (κ1) is 15.4. The van der Waals surface area contributed by atoms with Crippen molar-refractivity contribution in [1.29, 1.82) is 0 Å². The minimum atomic E-state index is -1.27. The fourth-order valence-corrected chi connectivity index (χ4v) is 2.01. The largest absolute Gasteiger partial charge is 0.466 e. The fourth-order valence-electron chi connectivity index (χ4n) is 1.83. The summed E-state index contributed by atoms with van der Waals surface area (Å²) in [7, 11) is 0. The van der Waals surface area contributed by atoms with Crippen LogP contribution in [0, 0.1) is 6.92 Å². The summed E-state index contributed by atoms with van der Waals surface area (Å²) in [5.41, 5.74) is 0.134. The molecular weight excluding hydrogens is 292 g/mol. The second-order valence-corrected chi connectivity index (χ2v) is 5.38. The van der Waals surface area contributed by atoms with Gasteiger partial charge in [0.05, 0.1) is 12.8 Å². The molecule has 0 spiro atoms. The number of carbonyl (C=O) groups is 1. The van der Waals surface area contributed by atoms with Gasteiger partial charge in [-0.2, -0.15) is 0 Å². The molecule has 1 unspecified atom stereocenters. The molecule has 0 fully saturated rings. The first-order chi connectivity index (χ1) is 9.90. The standard InChI is InChI=1S/C15H17ClN2O3/c1-10-11(16)5-3-6-12(10)18-14(19)17-9-15(2,20)13-7-4-8-21-13/h3-8,20H,9H2,1-2H3,(H2,17,18,19). The molecule has 0 radical (unpaired) electrons. The van der Waals surface area contributed by atoms with Gasteiger partial charge in [-0.05, 0) is 43.7 Å². The van der Waals surface area contributed by atoms with Gasteiger partial charge >= 0.3 is 6.03 Å². The quantitative estimate of drug-likeness (QED) is 0.811. The smallest absolute Gasteiger partial charge is 0.319 e. The average Bonchev–Trinajstić information content (AvgIpc) is 2.97. The van der Waals surface area contributed by atoms with Crippen LogP contribution in [0.4, 0.5) is 10.5 Å². The monoisotopic (exact) mass is 308 g/mol. The third-order valence-corrected chi connectivity index (χ3v) is 3.57. The van der Waals surface area contributed by atoms with Crippen molar-refractivity contribution in [3.8, 4) is 0 Å². The third-order valence-electron chi connectivity index (χ3n) is 3.16. The summed E-state index contributed by atoms with van der Waals surface area (Å²) >= 11 is 5.99. The van der Waals surface area contributed by atoms with E-state index in [1.807, 2.05) is 6.92 Å². The molecule has 0 saturated carbocycles. The molecule has 1 atom stereocenters. The summed E-state index contributed by atoms with van der Waals surface area (Å²) in [5.74, 6) is 0.390. The zero-order valence-corrected chi connectivity index (χ0v) is 12.6. The van der Waals surface area contributed by atoms with Gasteiger partial charge in [0.15, 0.2) is 0 Å². The number of amides is 2. The lowest BCUT2D eigenvalue weighted by molar-refractivity contribution is 0.0372. The summed E-state index contributed by atoms with van der Waals surface area (Å²) in [6, 6.07) is 8.17. The van der Waals surface area contributed by atoms with E-state index in [0.29, 0.717) is 16.5 Å². The Balaban J connectivity index is 1.95. The minimum absolute atomic E-state index is 0.0198. The number of anilines is 1. The van der Waals surface area contributed by atoms with Crippen LogP contribution < -0.4 is 10.6 Å². The molecule has 0 aliphatic rings. The lowest BCUT2D eigenvalue weighted by Crippen LogP contribution is -2.40. The molecule has 2 rings (SSSR count). The Kier molecular flexibility index (Phi) is 4.55. The molecule has 1 heterocycles. The summed E-state index contributed by atoms with van der Waals surface area (Å²) in [6.07, 6.45) is 1.47. The predicted molar refractivity (Wildman–Crippen MR) is 81.5 cm³/mol. The number of furan rings is 1. The van der Waals surface area contributed by atoms with E-state index in [0.717, 1.165) is 5.56 Å². The van der Waals surface area contributed by atoms with Crippen LogP contribution >= 0.6 is 11.6 Å². The summed E-state index contributed by atoms with van der Waals surface area (Å²) in [6.45, 7) is 3.40. The van der Waals surface area contributed by atoms with Crippen molar-refractivity contribution < 1.29 is 14.3 Å². The van der Waals surface area contributed by atoms with Gasteiger partial charge in [-0.15, -0.1) is 0 Å². The number of halogens is 1. The molecule has 0 aliphatic heterocycles. The molecule has 2 amide bonds. The number of aliphatic hydroxyl groups is 1. The molecule has 6 heteroatoms. The Bertz CT molecular complexity index is 624. The highest BCUT2D eigenvalue weighted by Crippen LogP contribution is 2.23. The van der Waals surface area contributed by atoms with Crippen molar-refractivity contribution in [3.05, 3.63) is 52.9 Å². The maximum atomic E-state index is 11.9. The molecule has 2 aromatic rings. The van der Waals surface area contributed by atoms with E-state index in [1.165, 1.54) is 6.26 Å². The first-order valence-electron chi connectivity index (χ1n) is 6.46. The topological polar surface area (TPSA) is 74.5 Å². The van der Waals surface area contributed by atoms with Gasteiger partial charge in [-0.3, -0.25) is 0 Å². The number of benzene rings is 1. The van der Waals surface area contributed by atoms with E-state index < -0.39 is 11.6 Å². The molecule has 0 bridgehead atoms. The Hall–Kier alpha value is -1.98. The first-order valence-corrected chi connectivity index (χ1v) is 6.84. The molecule has 3 N–H and O–H groups in total. The lowest BCUT2D eigenvalue weighted by atomic mass is 10.0. The lowest BCUT2D eigenvalue weighted by Gasteiger charge is -2.21. The van der Waals surface area contributed by atoms with Crippen molar-refractivity contribution in [2.24, 2.45) is 0 Å². The van der Waals surface area contributed by atoms with Gasteiger partial charge < -0.3 is 20.2 Å². The number of hydrogen-bond acceptors (Lipinski definition) is 3. The number of rotatable bonds is 4. The SMILES string of the molecule is Cc1c(Cl)cccc1NC(=O)NCC(C)(O)c1ccco1. The molecule has 0 saturated heterocycles. The predicted octanol–water partition coefficient (Wildman–Crippen LogP) is 3.27. The highest BCUT2D eigenvalue weighted by atomic mass is 35.5. The average molecular weight is 309 g/mol. The molecule has 5 nitrogen and oxygen atoms in total. The van der Waals surface area contributed by atoms with E-state index in [9.17, 15) is 9.90 Å². The van der Waals surface area contributed by atoms with E-state index in [-0.39, 0.29) is 6.54 Å². The van der Waals surface area contributed by atoms with Crippen molar-refractivity contribution in [2.45, 2.75) is 19.4 Å². The number of nitrogens with one attached hydrogen (secondary N) is 2. The van der Waals surface area contributed by atoms with Gasteiger partial charge in [0.2, 0.25) is 0 Å². The van der Waals surface area contributed by atoms with Crippen LogP contribution in [0.2, 0.25) is 5.02 Å². The fraction of sp³-hybridized carbons (Fsp3) is 0.267. The van der Waals surface area contributed by atoms with Crippen LogP contribution in [0.5, 0.6) is 0 Å². The number of urea groups is 1. The third kappa shape index (κ3) is 3.77. The van der Waals surface area contributed by atoms with Crippen LogP contribution in [0.15, 0.2) is 41.0 Å².